The van der Waals surface area contributed by atoms with Gasteiger partial charge in [-0.3, -0.25) is 14.7 Å². The molecular formula is C54H56Cl2N4O7. The lowest BCUT2D eigenvalue weighted by molar-refractivity contribution is -0.146. The molecule has 1 N–H and O–H groups in total. The largest absolute Gasteiger partial charge is 0.493 e. The molecule has 67 heavy (non-hydrogen) atoms. The third kappa shape index (κ3) is 10.7. The van der Waals surface area contributed by atoms with Crippen LogP contribution in [0.2, 0.25) is 10.0 Å². The highest BCUT2D eigenvalue weighted by Gasteiger charge is 2.36. The van der Waals surface area contributed by atoms with E-state index < -0.39 is 18.1 Å². The molecule has 3 aliphatic heterocycles. The first-order valence-corrected chi connectivity index (χ1v) is 23.9. The zero-order chi connectivity index (χ0) is 46.6. The number of carbonyl (C=O) groups is 2. The van der Waals surface area contributed by atoms with Gasteiger partial charge in [0.2, 0.25) is 5.91 Å². The maximum Gasteiger partial charge on any atom is 0.328 e. The van der Waals surface area contributed by atoms with Crippen LogP contribution in [0.3, 0.4) is 0 Å². The van der Waals surface area contributed by atoms with Crippen molar-refractivity contribution in [2.75, 3.05) is 26.9 Å². The van der Waals surface area contributed by atoms with Crippen molar-refractivity contribution >= 4 is 35.1 Å². The van der Waals surface area contributed by atoms with Crippen LogP contribution < -0.4 is 14.8 Å². The number of carbonyl (C=O) groups excluding carboxylic acids is 2. The molecule has 0 spiro atoms. The van der Waals surface area contributed by atoms with Crippen LogP contribution in [-0.4, -0.2) is 65.9 Å². The lowest BCUT2D eigenvalue weighted by Gasteiger charge is -2.36. The summed E-state index contributed by atoms with van der Waals surface area (Å²) in [6.07, 6.45) is 5.77. The highest BCUT2D eigenvalue weighted by Crippen LogP contribution is 2.40. The Morgan fingerprint density at radius 3 is 2.37 bits per heavy atom. The topological polar surface area (TPSA) is 125 Å². The van der Waals surface area contributed by atoms with Crippen LogP contribution >= 0.6 is 23.2 Å². The van der Waals surface area contributed by atoms with E-state index in [0.29, 0.717) is 55.1 Å². The van der Waals surface area contributed by atoms with E-state index in [2.05, 4.69) is 63.7 Å². The van der Waals surface area contributed by atoms with E-state index >= 15 is 0 Å². The van der Waals surface area contributed by atoms with E-state index in [0.717, 1.165) is 93.1 Å². The van der Waals surface area contributed by atoms with Crippen LogP contribution in [-0.2, 0) is 51.4 Å². The molecule has 0 saturated carbocycles. The summed E-state index contributed by atoms with van der Waals surface area (Å²) in [5.41, 5.74) is 11.4. The smallest absolute Gasteiger partial charge is 0.328 e. The lowest BCUT2D eigenvalue weighted by Crippen LogP contribution is -2.54. The van der Waals surface area contributed by atoms with Crippen LogP contribution in [0.25, 0.3) is 11.1 Å². The average Bonchev–Trinajstić information content (AvgIpc) is 3.64. The summed E-state index contributed by atoms with van der Waals surface area (Å²) < 4.78 is 29.6. The number of pyridine rings is 1. The summed E-state index contributed by atoms with van der Waals surface area (Å²) in [6, 6.07) is 29.1. The molecular weight excluding hydrogens is 888 g/mol. The Kier molecular flexibility index (Phi) is 14.3. The molecule has 1 amide bonds. The fraction of sp³-hybridized carbons (Fsp3) is 0.370. The highest BCUT2D eigenvalue weighted by molar-refractivity contribution is 6.42. The van der Waals surface area contributed by atoms with Crippen molar-refractivity contribution in [2.45, 2.75) is 96.5 Å². The van der Waals surface area contributed by atoms with Crippen LogP contribution in [0.5, 0.6) is 11.5 Å². The van der Waals surface area contributed by atoms with E-state index in [1.807, 2.05) is 74.6 Å². The maximum absolute atomic E-state index is 14.5. The van der Waals surface area contributed by atoms with Gasteiger partial charge < -0.3 is 28.8 Å². The summed E-state index contributed by atoms with van der Waals surface area (Å²) >= 11 is 12.8. The Labute approximate surface area is 402 Å². The van der Waals surface area contributed by atoms with Gasteiger partial charge in [0.15, 0.2) is 0 Å². The molecule has 0 aliphatic carbocycles. The van der Waals surface area contributed by atoms with Gasteiger partial charge >= 0.3 is 5.97 Å². The van der Waals surface area contributed by atoms with Crippen molar-refractivity contribution in [2.24, 2.45) is 5.92 Å². The molecule has 3 aliphatic rings. The quantitative estimate of drug-likeness (QED) is 0.112. The van der Waals surface area contributed by atoms with E-state index in [4.69, 9.17) is 46.7 Å². The van der Waals surface area contributed by atoms with Gasteiger partial charge in [0.25, 0.3) is 0 Å². The molecule has 9 rings (SSSR count). The Bertz CT molecular complexity index is 2720. The first-order chi connectivity index (χ1) is 32.5. The van der Waals surface area contributed by atoms with E-state index in [9.17, 15) is 9.59 Å². The van der Waals surface area contributed by atoms with Gasteiger partial charge in [0.05, 0.1) is 35.5 Å². The van der Waals surface area contributed by atoms with Crippen molar-refractivity contribution < 1.29 is 33.1 Å². The fourth-order valence-corrected chi connectivity index (χ4v) is 10.1. The number of rotatable bonds is 13. The standard InChI is InChI=1S/C54H56Cl2N4O7/c1-32-23-44(59-67-32)31-60-30-43-26-42-25-39(36-9-12-45(13-10-36)66-52(38-16-20-64-21-17-38)40-11-14-47(55)48(56)27-40)18-22-65-51(42)29-41(43)28-50(60)53(61)58-49(54(62)63-4)24-35-5-7-37(8-6-35)46-15-19-57-34(3)33(46)2/h5-15,19,23,26-27,29,38-39,49-50,52H,16-18,20-22,24-25,28,30-31H2,1-4H3,(H,58,61)/t39?,49-,50-,52?/m0/s1. The minimum Gasteiger partial charge on any atom is -0.493 e. The number of hydrogen-bond donors (Lipinski definition) is 1. The number of ether oxygens (including phenoxy) is 4. The normalized spacial score (nSPS) is 18.4. The number of fused-ring (bicyclic) bond motifs is 2. The molecule has 1 saturated heterocycles. The maximum atomic E-state index is 14.5. The molecule has 4 aromatic carbocycles. The zero-order valence-corrected chi connectivity index (χ0v) is 39.9. The molecule has 0 bridgehead atoms. The van der Waals surface area contributed by atoms with Crippen molar-refractivity contribution in [3.8, 4) is 22.6 Å². The number of halogens is 2. The molecule has 2 unspecified atom stereocenters. The van der Waals surface area contributed by atoms with Crippen LogP contribution in [0.1, 0.15) is 87.4 Å². The number of amides is 1. The molecule has 11 nitrogen and oxygen atoms in total. The van der Waals surface area contributed by atoms with Gasteiger partial charge in [0.1, 0.15) is 29.4 Å². The second-order valence-corrected chi connectivity index (χ2v) is 18.9. The number of aryl methyl sites for hydroxylation is 2. The molecule has 6 aromatic rings. The Hall–Kier alpha value is -5.72. The predicted molar refractivity (Wildman–Crippen MR) is 258 cm³/mol. The van der Waals surface area contributed by atoms with Gasteiger partial charge in [-0.15, -0.1) is 0 Å². The molecule has 348 valence electrons. The molecule has 0 radical (unpaired) electrons. The first kappa shape index (κ1) is 46.4. The Morgan fingerprint density at radius 1 is 0.851 bits per heavy atom. The van der Waals surface area contributed by atoms with Crippen LogP contribution in [0.4, 0.5) is 0 Å². The monoisotopic (exact) mass is 942 g/mol. The molecule has 13 heteroatoms. The Balaban J connectivity index is 0.918. The first-order valence-electron chi connectivity index (χ1n) is 23.1. The van der Waals surface area contributed by atoms with Gasteiger partial charge in [-0.1, -0.05) is 76.9 Å². The van der Waals surface area contributed by atoms with E-state index in [1.54, 1.807) is 0 Å². The van der Waals surface area contributed by atoms with Crippen LogP contribution in [0.15, 0.2) is 102 Å². The van der Waals surface area contributed by atoms with Gasteiger partial charge in [0, 0.05) is 56.6 Å². The summed E-state index contributed by atoms with van der Waals surface area (Å²) in [6.45, 7) is 8.76. The third-order valence-corrected chi connectivity index (χ3v) is 14.4. The molecule has 5 heterocycles. The van der Waals surface area contributed by atoms with Gasteiger partial charge in [-0.05, 0) is 145 Å². The minimum absolute atomic E-state index is 0.183. The summed E-state index contributed by atoms with van der Waals surface area (Å²) in [4.78, 5) is 34.3. The summed E-state index contributed by atoms with van der Waals surface area (Å²) in [7, 11) is 1.35. The number of nitrogens with one attached hydrogen (secondary N) is 1. The van der Waals surface area contributed by atoms with E-state index in [1.165, 1.54) is 12.7 Å². The number of hydrogen-bond acceptors (Lipinski definition) is 10. The molecule has 1 fully saturated rings. The highest BCUT2D eigenvalue weighted by atomic mass is 35.5. The number of aromatic nitrogens is 2. The lowest BCUT2D eigenvalue weighted by atomic mass is 9.86. The predicted octanol–water partition coefficient (Wildman–Crippen LogP) is 10.5. The molecule has 4 atom stereocenters. The number of methoxy groups -OCH3 is 1. The fourth-order valence-electron chi connectivity index (χ4n) is 9.83. The Morgan fingerprint density at radius 2 is 1.64 bits per heavy atom. The van der Waals surface area contributed by atoms with Crippen molar-refractivity contribution in [1.29, 1.82) is 0 Å². The summed E-state index contributed by atoms with van der Waals surface area (Å²) in [5.74, 6) is 2.07. The average molecular weight is 944 g/mol. The zero-order valence-electron chi connectivity index (χ0n) is 38.4. The van der Waals surface area contributed by atoms with Crippen molar-refractivity contribution in [3.05, 3.63) is 163 Å². The van der Waals surface area contributed by atoms with Gasteiger partial charge in [-0.25, -0.2) is 4.79 Å². The van der Waals surface area contributed by atoms with Crippen molar-refractivity contribution in [3.63, 3.8) is 0 Å². The van der Waals surface area contributed by atoms with Crippen molar-refractivity contribution in [1.82, 2.24) is 20.4 Å². The number of benzene rings is 4. The van der Waals surface area contributed by atoms with Gasteiger partial charge in [-0.2, -0.15) is 0 Å². The SMILES string of the molecule is COC(=O)[C@H](Cc1ccc(-c2ccnc(C)c2C)cc1)NC(=O)[C@@H]1Cc2cc3c(cc2CN1Cc1cc(C)on1)CC(c1ccc(OC(c2ccc(Cl)c(Cl)c2)C2CCOCC2)cc1)CCO3. The number of esters is 1. The summed E-state index contributed by atoms with van der Waals surface area (Å²) in [5, 5.41) is 8.39. The third-order valence-electron chi connectivity index (χ3n) is 13.7. The second-order valence-electron chi connectivity index (χ2n) is 18.1. The minimum atomic E-state index is -0.894. The number of nitrogens with zero attached hydrogens (tertiary/aromatic N) is 3. The molecule has 2 aromatic heterocycles. The van der Waals surface area contributed by atoms with Crippen LogP contribution in [0, 0.1) is 26.7 Å². The van der Waals surface area contributed by atoms with E-state index in [-0.39, 0.29) is 30.3 Å². The second kappa shape index (κ2) is 20.7.